The molecule has 2 N–H and O–H groups in total. The van der Waals surface area contributed by atoms with Crippen molar-refractivity contribution < 1.29 is 14.7 Å². The van der Waals surface area contributed by atoms with Crippen LogP contribution in [0.5, 0.6) is 0 Å². The zero-order valence-corrected chi connectivity index (χ0v) is 15.9. The van der Waals surface area contributed by atoms with Crippen LogP contribution in [0.3, 0.4) is 0 Å². The Morgan fingerprint density at radius 3 is 2.68 bits per heavy atom. The fourth-order valence-corrected chi connectivity index (χ4v) is 4.41. The SMILES string of the molecule is C=CCN1C(=O)C(C=NC[C@@]2(C)C[C@@H](O)CC(C)(C)C2)C(=O)NC1=S. The molecule has 1 heterocycles. The zero-order chi connectivity index (χ0) is 18.8. The second kappa shape index (κ2) is 7.33. The molecule has 0 aromatic rings. The van der Waals surface area contributed by atoms with E-state index in [1.165, 1.54) is 11.1 Å². The Balaban J connectivity index is 2.07. The lowest BCUT2D eigenvalue weighted by Crippen LogP contribution is -2.58. The summed E-state index contributed by atoms with van der Waals surface area (Å²) in [7, 11) is 0. The minimum atomic E-state index is -0.975. The van der Waals surface area contributed by atoms with Crippen molar-refractivity contribution in [2.24, 2.45) is 21.7 Å². The third-order valence-corrected chi connectivity index (χ3v) is 5.07. The first-order valence-corrected chi connectivity index (χ1v) is 8.93. The second-order valence-corrected chi connectivity index (χ2v) is 8.60. The number of nitrogens with zero attached hydrogens (tertiary/aromatic N) is 2. The van der Waals surface area contributed by atoms with Gasteiger partial charge < -0.3 is 10.4 Å². The van der Waals surface area contributed by atoms with Crippen LogP contribution < -0.4 is 5.32 Å². The average Bonchev–Trinajstić information content (AvgIpc) is 2.44. The number of hydrogen-bond donors (Lipinski definition) is 2. The fraction of sp³-hybridized carbons (Fsp3) is 0.667. The predicted octanol–water partition coefficient (Wildman–Crippen LogP) is 1.68. The lowest BCUT2D eigenvalue weighted by molar-refractivity contribution is -0.137. The van der Waals surface area contributed by atoms with Gasteiger partial charge in [-0.1, -0.05) is 26.8 Å². The Hall–Kier alpha value is -1.60. The van der Waals surface area contributed by atoms with E-state index in [4.69, 9.17) is 12.2 Å². The highest BCUT2D eigenvalue weighted by atomic mass is 32.1. The van der Waals surface area contributed by atoms with Crippen molar-refractivity contribution in [1.29, 1.82) is 0 Å². The van der Waals surface area contributed by atoms with Gasteiger partial charge in [0.15, 0.2) is 11.0 Å². The molecule has 1 aliphatic carbocycles. The summed E-state index contributed by atoms with van der Waals surface area (Å²) in [5, 5.41) is 12.8. The number of hydrogen-bond acceptors (Lipinski definition) is 5. The van der Waals surface area contributed by atoms with E-state index >= 15 is 0 Å². The molecule has 2 fully saturated rings. The summed E-state index contributed by atoms with van der Waals surface area (Å²) >= 11 is 5.02. The van der Waals surface area contributed by atoms with Crippen molar-refractivity contribution >= 4 is 35.4 Å². The van der Waals surface area contributed by atoms with Crippen molar-refractivity contribution in [2.45, 2.75) is 46.1 Å². The number of nitrogens with one attached hydrogen (secondary N) is 1. The molecule has 7 heteroatoms. The maximum atomic E-state index is 12.5. The summed E-state index contributed by atoms with van der Waals surface area (Å²) < 4.78 is 0. The molecule has 0 radical (unpaired) electrons. The van der Waals surface area contributed by atoms with Crippen molar-refractivity contribution in [3.05, 3.63) is 12.7 Å². The maximum Gasteiger partial charge on any atom is 0.247 e. The van der Waals surface area contributed by atoms with Crippen LogP contribution in [0.4, 0.5) is 0 Å². The molecule has 6 nitrogen and oxygen atoms in total. The molecule has 1 saturated carbocycles. The maximum absolute atomic E-state index is 12.5. The largest absolute Gasteiger partial charge is 0.393 e. The third kappa shape index (κ3) is 4.73. The summed E-state index contributed by atoms with van der Waals surface area (Å²) in [5.74, 6) is -1.81. The molecule has 3 atom stereocenters. The van der Waals surface area contributed by atoms with E-state index in [2.05, 4.69) is 37.7 Å². The highest BCUT2D eigenvalue weighted by molar-refractivity contribution is 7.80. The predicted molar refractivity (Wildman–Crippen MR) is 101 cm³/mol. The molecule has 1 saturated heterocycles. The first-order chi connectivity index (χ1) is 11.6. The van der Waals surface area contributed by atoms with Gasteiger partial charge in [-0.25, -0.2) is 0 Å². The average molecular weight is 365 g/mol. The van der Waals surface area contributed by atoms with E-state index in [0.717, 1.165) is 12.8 Å². The van der Waals surface area contributed by atoms with Crippen LogP contribution in [0, 0.1) is 16.7 Å². The molecule has 25 heavy (non-hydrogen) atoms. The highest BCUT2D eigenvalue weighted by Crippen LogP contribution is 2.46. The van der Waals surface area contributed by atoms with Gasteiger partial charge in [0.05, 0.1) is 6.10 Å². The van der Waals surface area contributed by atoms with Gasteiger partial charge in [0.1, 0.15) is 0 Å². The Labute approximate surface area is 154 Å². The summed E-state index contributed by atoms with van der Waals surface area (Å²) in [4.78, 5) is 30.2. The Morgan fingerprint density at radius 2 is 2.08 bits per heavy atom. The standard InChI is InChI=1S/C18H27N3O3S/c1-5-6-21-15(24)13(14(23)20-16(21)25)9-19-11-18(4)8-12(22)7-17(2,3)10-18/h5,9,12-13,22H,1,6-8,10-11H2,2-4H3,(H,20,23,25)/t12-,13?,18-/m0/s1. The number of aliphatic imine (C=N–C) groups is 1. The van der Waals surface area contributed by atoms with Crippen LogP contribution >= 0.6 is 12.2 Å². The lowest BCUT2D eigenvalue weighted by Gasteiger charge is -2.44. The minimum absolute atomic E-state index is 0.0485. The monoisotopic (exact) mass is 365 g/mol. The Bertz CT molecular complexity index is 617. The first kappa shape index (κ1) is 19.7. The topological polar surface area (TPSA) is 82.0 Å². The van der Waals surface area contributed by atoms with Crippen LogP contribution in [-0.4, -0.2) is 52.3 Å². The molecule has 2 amide bonds. The molecular formula is C18H27N3O3S. The van der Waals surface area contributed by atoms with E-state index in [0.29, 0.717) is 13.0 Å². The minimum Gasteiger partial charge on any atom is -0.393 e. The molecule has 138 valence electrons. The zero-order valence-electron chi connectivity index (χ0n) is 15.1. The summed E-state index contributed by atoms with van der Waals surface area (Å²) in [6.07, 6.45) is 5.02. The van der Waals surface area contributed by atoms with E-state index in [1.807, 2.05) is 0 Å². The molecule has 0 aromatic carbocycles. The van der Waals surface area contributed by atoms with Gasteiger partial charge in [0.25, 0.3) is 0 Å². The highest BCUT2D eigenvalue weighted by Gasteiger charge is 2.41. The summed E-state index contributed by atoms with van der Waals surface area (Å²) in [6, 6.07) is 0. The number of thiocarbonyl (C=S) groups is 1. The Kier molecular flexibility index (Phi) is 5.79. The number of amides is 2. The van der Waals surface area contributed by atoms with Gasteiger partial charge in [-0.05, 0) is 42.3 Å². The number of aliphatic hydroxyl groups is 1. The quantitative estimate of drug-likeness (QED) is 0.336. The molecule has 1 unspecified atom stereocenters. The number of carbonyl (C=O) groups excluding carboxylic acids is 2. The second-order valence-electron chi connectivity index (χ2n) is 8.21. The van der Waals surface area contributed by atoms with Crippen molar-refractivity contribution in [2.75, 3.05) is 13.1 Å². The van der Waals surface area contributed by atoms with Crippen LogP contribution in [0.25, 0.3) is 0 Å². The van der Waals surface area contributed by atoms with Gasteiger partial charge in [0.2, 0.25) is 11.8 Å². The van der Waals surface area contributed by atoms with E-state index in [-0.39, 0.29) is 34.5 Å². The van der Waals surface area contributed by atoms with E-state index < -0.39 is 11.8 Å². The van der Waals surface area contributed by atoms with Crippen LogP contribution in [-0.2, 0) is 9.59 Å². The van der Waals surface area contributed by atoms with Crippen molar-refractivity contribution in [3.63, 3.8) is 0 Å². The smallest absolute Gasteiger partial charge is 0.247 e. The third-order valence-electron chi connectivity index (χ3n) is 4.75. The molecule has 0 bridgehead atoms. The number of aliphatic hydroxyl groups excluding tert-OH is 1. The van der Waals surface area contributed by atoms with Gasteiger partial charge in [0, 0.05) is 19.3 Å². The van der Waals surface area contributed by atoms with E-state index in [1.54, 1.807) is 6.08 Å². The van der Waals surface area contributed by atoms with E-state index in [9.17, 15) is 14.7 Å². The van der Waals surface area contributed by atoms with Crippen LogP contribution in [0.2, 0.25) is 0 Å². The lowest BCUT2D eigenvalue weighted by atomic mass is 9.63. The van der Waals surface area contributed by atoms with Crippen molar-refractivity contribution in [3.8, 4) is 0 Å². The fourth-order valence-electron chi connectivity index (χ4n) is 4.14. The Morgan fingerprint density at radius 1 is 1.40 bits per heavy atom. The van der Waals surface area contributed by atoms with Crippen molar-refractivity contribution in [1.82, 2.24) is 10.2 Å². The summed E-state index contributed by atoms with van der Waals surface area (Å²) in [6.45, 7) is 10.7. The van der Waals surface area contributed by atoms with Crippen LogP contribution in [0.15, 0.2) is 17.6 Å². The molecule has 2 rings (SSSR count). The first-order valence-electron chi connectivity index (χ1n) is 8.52. The molecule has 2 aliphatic rings. The van der Waals surface area contributed by atoms with Gasteiger partial charge >= 0.3 is 0 Å². The summed E-state index contributed by atoms with van der Waals surface area (Å²) in [5.41, 5.74) is -0.102. The number of carbonyl (C=O) groups is 2. The molecule has 0 spiro atoms. The molecule has 1 aliphatic heterocycles. The number of rotatable bonds is 5. The normalized spacial score (nSPS) is 32.8. The van der Waals surface area contributed by atoms with Gasteiger partial charge in [-0.15, -0.1) is 6.58 Å². The van der Waals surface area contributed by atoms with Crippen LogP contribution in [0.1, 0.15) is 40.0 Å². The molecule has 0 aromatic heterocycles. The van der Waals surface area contributed by atoms with Gasteiger partial charge in [-0.3, -0.25) is 19.5 Å². The molecular weight excluding hydrogens is 338 g/mol. The van der Waals surface area contributed by atoms with Gasteiger partial charge in [-0.2, -0.15) is 0 Å².